The van der Waals surface area contributed by atoms with Crippen molar-refractivity contribution in [2.75, 3.05) is 106 Å². The van der Waals surface area contributed by atoms with Crippen LogP contribution in [0.5, 0.6) is 0 Å². The van der Waals surface area contributed by atoms with E-state index in [4.69, 9.17) is 55.1 Å². The van der Waals surface area contributed by atoms with Crippen molar-refractivity contribution in [2.45, 2.75) is 58.8 Å². The SMILES string of the molecule is CC(C)COC(=O)CCOCC(COCCCOCCCN)(COCCC(=O)OCCCN)COCCC(=O)OCCCN. The average Bonchev–Trinajstić information content (AvgIpc) is 3.00. The molecule has 0 atom stereocenters. The molecule has 14 nitrogen and oxygen atoms in total. The molecule has 0 bridgehead atoms. The summed E-state index contributed by atoms with van der Waals surface area (Å²) in [5.74, 6) is -0.865. The van der Waals surface area contributed by atoms with E-state index in [-0.39, 0.29) is 103 Å². The molecule has 0 amide bonds. The van der Waals surface area contributed by atoms with Gasteiger partial charge in [0.25, 0.3) is 0 Å². The smallest absolute Gasteiger partial charge is 0.308 e. The van der Waals surface area contributed by atoms with Crippen LogP contribution in [0.25, 0.3) is 0 Å². The summed E-state index contributed by atoms with van der Waals surface area (Å²) in [6, 6.07) is 0. The maximum Gasteiger partial charge on any atom is 0.308 e. The zero-order chi connectivity index (χ0) is 32.7. The van der Waals surface area contributed by atoms with Crippen molar-refractivity contribution in [1.82, 2.24) is 0 Å². The molecule has 0 saturated heterocycles. The zero-order valence-electron chi connectivity index (χ0n) is 27.1. The molecular formula is C30H59N3O11. The van der Waals surface area contributed by atoms with E-state index in [0.717, 1.165) is 6.42 Å². The van der Waals surface area contributed by atoms with Gasteiger partial charge < -0.3 is 55.1 Å². The molecule has 0 radical (unpaired) electrons. The zero-order valence-corrected chi connectivity index (χ0v) is 27.1. The molecule has 0 fully saturated rings. The predicted octanol–water partition coefficient (Wildman–Crippen LogP) is 0.948. The van der Waals surface area contributed by atoms with Crippen LogP contribution in [-0.2, 0) is 52.3 Å². The summed E-state index contributed by atoms with van der Waals surface area (Å²) in [6.07, 6.45) is 2.88. The second kappa shape index (κ2) is 29.8. The summed E-state index contributed by atoms with van der Waals surface area (Å²) >= 11 is 0. The van der Waals surface area contributed by atoms with Crippen LogP contribution in [0.2, 0.25) is 0 Å². The lowest BCUT2D eigenvalue weighted by atomic mass is 9.92. The van der Waals surface area contributed by atoms with Crippen molar-refractivity contribution in [2.24, 2.45) is 28.5 Å². The third kappa shape index (κ3) is 26.5. The quantitative estimate of drug-likeness (QED) is 0.0534. The number of carbonyl (C=O) groups excluding carboxylic acids is 3. The van der Waals surface area contributed by atoms with Crippen molar-refractivity contribution >= 4 is 17.9 Å². The molecule has 44 heavy (non-hydrogen) atoms. The summed E-state index contributed by atoms with van der Waals surface area (Å²) in [4.78, 5) is 36.0. The second-order valence-electron chi connectivity index (χ2n) is 10.9. The van der Waals surface area contributed by atoms with Crippen LogP contribution in [0, 0.1) is 11.3 Å². The van der Waals surface area contributed by atoms with Gasteiger partial charge in [0.15, 0.2) is 0 Å². The van der Waals surface area contributed by atoms with Crippen LogP contribution in [0.3, 0.4) is 0 Å². The first-order chi connectivity index (χ1) is 21.3. The molecule has 0 aliphatic heterocycles. The number of hydrogen-bond acceptors (Lipinski definition) is 14. The molecule has 6 N–H and O–H groups in total. The minimum absolute atomic E-state index is 0.0691. The van der Waals surface area contributed by atoms with Crippen molar-refractivity contribution in [3.63, 3.8) is 0 Å². The van der Waals surface area contributed by atoms with Gasteiger partial charge in [0.1, 0.15) is 0 Å². The van der Waals surface area contributed by atoms with Crippen molar-refractivity contribution in [1.29, 1.82) is 0 Å². The van der Waals surface area contributed by atoms with E-state index in [1.54, 1.807) is 0 Å². The van der Waals surface area contributed by atoms with E-state index in [1.807, 2.05) is 13.8 Å². The number of hydrogen-bond donors (Lipinski definition) is 3. The lowest BCUT2D eigenvalue weighted by Crippen LogP contribution is -2.42. The highest BCUT2D eigenvalue weighted by Crippen LogP contribution is 2.22. The summed E-state index contributed by atoms with van der Waals surface area (Å²) in [5, 5.41) is 0. The van der Waals surface area contributed by atoms with Crippen LogP contribution in [0.15, 0.2) is 0 Å². The van der Waals surface area contributed by atoms with Gasteiger partial charge in [0.05, 0.1) is 90.7 Å². The van der Waals surface area contributed by atoms with E-state index >= 15 is 0 Å². The third-order valence-corrected chi connectivity index (χ3v) is 5.86. The Morgan fingerprint density at radius 2 is 0.864 bits per heavy atom. The summed E-state index contributed by atoms with van der Waals surface area (Å²) in [7, 11) is 0. The third-order valence-electron chi connectivity index (χ3n) is 5.86. The fourth-order valence-electron chi connectivity index (χ4n) is 3.44. The highest BCUT2D eigenvalue weighted by atomic mass is 16.6. The number of esters is 3. The van der Waals surface area contributed by atoms with Crippen molar-refractivity contribution < 1.29 is 52.3 Å². The minimum Gasteiger partial charge on any atom is -0.466 e. The number of rotatable bonds is 32. The van der Waals surface area contributed by atoms with Gasteiger partial charge in [-0.15, -0.1) is 0 Å². The molecule has 14 heteroatoms. The molecule has 0 spiro atoms. The van der Waals surface area contributed by atoms with E-state index in [0.29, 0.717) is 65.3 Å². The van der Waals surface area contributed by atoms with Crippen LogP contribution in [0.1, 0.15) is 58.8 Å². The van der Waals surface area contributed by atoms with Crippen molar-refractivity contribution in [3.8, 4) is 0 Å². The fraction of sp³-hybridized carbons (Fsp3) is 0.900. The van der Waals surface area contributed by atoms with Crippen LogP contribution in [-0.4, -0.2) is 123 Å². The van der Waals surface area contributed by atoms with Gasteiger partial charge in [0, 0.05) is 19.8 Å². The lowest BCUT2D eigenvalue weighted by molar-refractivity contribution is -0.148. The van der Waals surface area contributed by atoms with Gasteiger partial charge in [-0.3, -0.25) is 14.4 Å². The highest BCUT2D eigenvalue weighted by molar-refractivity contribution is 5.70. The molecule has 0 unspecified atom stereocenters. The van der Waals surface area contributed by atoms with Crippen LogP contribution in [0.4, 0.5) is 0 Å². The van der Waals surface area contributed by atoms with E-state index in [2.05, 4.69) is 0 Å². The molecule has 0 saturated carbocycles. The molecule has 0 aromatic heterocycles. The molecule has 0 aliphatic rings. The second-order valence-corrected chi connectivity index (χ2v) is 10.9. The first-order valence-corrected chi connectivity index (χ1v) is 15.7. The fourth-order valence-corrected chi connectivity index (χ4v) is 3.44. The molecular weight excluding hydrogens is 578 g/mol. The van der Waals surface area contributed by atoms with Crippen molar-refractivity contribution in [3.05, 3.63) is 0 Å². The molecule has 0 aromatic carbocycles. The van der Waals surface area contributed by atoms with E-state index in [9.17, 15) is 14.4 Å². The Labute approximate surface area is 263 Å². The van der Waals surface area contributed by atoms with Gasteiger partial charge in [-0.2, -0.15) is 0 Å². The average molecular weight is 638 g/mol. The first kappa shape index (κ1) is 42.1. The maximum absolute atomic E-state index is 12.1. The Bertz CT molecular complexity index is 684. The van der Waals surface area contributed by atoms with Gasteiger partial charge in [-0.05, 0) is 51.2 Å². The standard InChI is InChI=1S/C30H59N3O11/c1-26(2)21-44-29(36)9-20-41-25-30(22-38-15-6-14-37-13-3-10-31,23-39-18-7-27(34)42-16-4-11-32)24-40-19-8-28(35)43-17-5-12-33/h26H,3-25,31-33H2,1-2H3. The number of nitrogens with two attached hydrogens (primary N) is 3. The molecule has 260 valence electrons. The Kier molecular flexibility index (Phi) is 28.5. The largest absolute Gasteiger partial charge is 0.466 e. The Hall–Kier alpha value is -1.91. The first-order valence-electron chi connectivity index (χ1n) is 15.7. The van der Waals surface area contributed by atoms with E-state index in [1.165, 1.54) is 0 Å². The van der Waals surface area contributed by atoms with Crippen LogP contribution < -0.4 is 17.2 Å². The molecule has 0 heterocycles. The Morgan fingerprint density at radius 1 is 0.500 bits per heavy atom. The number of carbonyl (C=O) groups is 3. The summed E-state index contributed by atoms with van der Waals surface area (Å²) in [5.41, 5.74) is 15.6. The Morgan fingerprint density at radius 3 is 1.30 bits per heavy atom. The monoisotopic (exact) mass is 637 g/mol. The Balaban J connectivity index is 5.19. The molecule has 0 rings (SSSR count). The summed E-state index contributed by atoms with van der Waals surface area (Å²) < 4.78 is 44.7. The molecule has 0 aliphatic carbocycles. The number of ether oxygens (including phenoxy) is 8. The highest BCUT2D eigenvalue weighted by Gasteiger charge is 2.33. The lowest BCUT2D eigenvalue weighted by Gasteiger charge is -2.33. The van der Waals surface area contributed by atoms with Gasteiger partial charge in [-0.1, -0.05) is 13.8 Å². The maximum atomic E-state index is 12.1. The van der Waals surface area contributed by atoms with Crippen LogP contribution >= 0.6 is 0 Å². The van der Waals surface area contributed by atoms with Gasteiger partial charge >= 0.3 is 17.9 Å². The topological polar surface area (TPSA) is 203 Å². The minimum atomic E-state index is -0.796. The van der Waals surface area contributed by atoms with Gasteiger partial charge in [0.2, 0.25) is 0 Å². The summed E-state index contributed by atoms with van der Waals surface area (Å²) in [6.45, 7) is 8.78. The normalized spacial score (nSPS) is 11.6. The van der Waals surface area contributed by atoms with Gasteiger partial charge in [-0.25, -0.2) is 0 Å². The molecule has 0 aromatic rings. The predicted molar refractivity (Wildman–Crippen MR) is 164 cm³/mol. The van der Waals surface area contributed by atoms with E-state index < -0.39 is 5.41 Å².